The first-order valence-electron chi connectivity index (χ1n) is 7.67. The maximum Gasteiger partial charge on any atom is 0.332 e. The van der Waals surface area contributed by atoms with E-state index in [4.69, 9.17) is 0 Å². The molecule has 0 spiro atoms. The fourth-order valence-corrected chi connectivity index (χ4v) is 3.60. The number of hydrogen-bond acceptors (Lipinski definition) is 7. The lowest BCUT2D eigenvalue weighted by atomic mass is 9.92. The standard InChI is InChI=1S/C16H16N6O2S/c1-25-22-8-16(9-22,15(23)24)21-12-4-6-18-14(20-12)11-7-19-13-10(11)3-2-5-17-13/h2-7H,8-9H2,1H3,(H,17,19)(H,23,24)(H,18,20,21). The van der Waals surface area contributed by atoms with E-state index in [1.54, 1.807) is 18.5 Å². The van der Waals surface area contributed by atoms with Crippen LogP contribution in [0.1, 0.15) is 0 Å². The van der Waals surface area contributed by atoms with Gasteiger partial charge in [0.25, 0.3) is 0 Å². The molecule has 0 unspecified atom stereocenters. The van der Waals surface area contributed by atoms with E-state index in [-0.39, 0.29) is 0 Å². The Morgan fingerprint density at radius 1 is 1.36 bits per heavy atom. The summed E-state index contributed by atoms with van der Waals surface area (Å²) in [6.45, 7) is 0.833. The van der Waals surface area contributed by atoms with Crippen molar-refractivity contribution in [3.63, 3.8) is 0 Å². The van der Waals surface area contributed by atoms with Crippen molar-refractivity contribution in [3.05, 3.63) is 36.8 Å². The number of carbonyl (C=O) groups is 1. The summed E-state index contributed by atoms with van der Waals surface area (Å²) in [7, 11) is 0. The van der Waals surface area contributed by atoms with Gasteiger partial charge in [-0.1, -0.05) is 11.9 Å². The van der Waals surface area contributed by atoms with Crippen LogP contribution in [0.15, 0.2) is 36.8 Å². The molecule has 3 aromatic rings. The van der Waals surface area contributed by atoms with Gasteiger partial charge in [-0.15, -0.1) is 0 Å². The van der Waals surface area contributed by atoms with Crippen LogP contribution in [-0.4, -0.2) is 60.2 Å². The summed E-state index contributed by atoms with van der Waals surface area (Å²) in [5.41, 5.74) is 0.572. The molecule has 1 saturated heterocycles. The van der Waals surface area contributed by atoms with E-state index in [0.717, 1.165) is 16.6 Å². The number of carboxylic acids is 1. The first-order valence-corrected chi connectivity index (χ1v) is 8.86. The predicted octanol–water partition coefficient (Wildman–Crippen LogP) is 1.85. The van der Waals surface area contributed by atoms with E-state index >= 15 is 0 Å². The first-order chi connectivity index (χ1) is 12.1. The molecule has 4 rings (SSSR count). The number of pyridine rings is 1. The van der Waals surface area contributed by atoms with Gasteiger partial charge in [-0.05, 0) is 24.5 Å². The lowest BCUT2D eigenvalue weighted by Crippen LogP contribution is -2.68. The lowest BCUT2D eigenvalue weighted by molar-refractivity contribution is -0.146. The number of nitrogens with one attached hydrogen (secondary N) is 2. The van der Waals surface area contributed by atoms with Crippen molar-refractivity contribution in [2.45, 2.75) is 5.54 Å². The third-order valence-corrected chi connectivity index (χ3v) is 5.05. The van der Waals surface area contributed by atoms with Crippen LogP contribution in [0.3, 0.4) is 0 Å². The zero-order chi connectivity index (χ0) is 17.4. The Labute approximate surface area is 147 Å². The van der Waals surface area contributed by atoms with E-state index in [9.17, 15) is 9.90 Å². The van der Waals surface area contributed by atoms with E-state index < -0.39 is 11.5 Å². The number of rotatable bonds is 5. The molecule has 0 saturated carbocycles. The molecular weight excluding hydrogens is 340 g/mol. The van der Waals surface area contributed by atoms with Gasteiger partial charge in [0.15, 0.2) is 11.4 Å². The minimum absolute atomic E-state index is 0.417. The largest absolute Gasteiger partial charge is 0.479 e. The maximum absolute atomic E-state index is 11.7. The smallest absolute Gasteiger partial charge is 0.332 e. The van der Waals surface area contributed by atoms with Crippen molar-refractivity contribution < 1.29 is 9.90 Å². The lowest BCUT2D eigenvalue weighted by Gasteiger charge is -2.46. The Hall–Kier alpha value is -2.65. The van der Waals surface area contributed by atoms with Crippen molar-refractivity contribution in [2.75, 3.05) is 24.7 Å². The highest BCUT2D eigenvalue weighted by molar-refractivity contribution is 7.96. The Bertz CT molecular complexity index is 937. The number of nitrogens with zero attached hydrogens (tertiary/aromatic N) is 4. The van der Waals surface area contributed by atoms with Crippen LogP contribution in [0.2, 0.25) is 0 Å². The number of aliphatic carboxylic acids is 1. The Balaban J connectivity index is 1.65. The van der Waals surface area contributed by atoms with Crippen molar-refractivity contribution in [2.24, 2.45) is 0 Å². The molecule has 0 radical (unpaired) electrons. The van der Waals surface area contributed by atoms with Crippen molar-refractivity contribution in [1.82, 2.24) is 24.2 Å². The van der Waals surface area contributed by atoms with Crippen molar-refractivity contribution in [1.29, 1.82) is 0 Å². The van der Waals surface area contributed by atoms with Gasteiger partial charge in [0.05, 0.1) is 0 Å². The number of hydrogen-bond donors (Lipinski definition) is 3. The van der Waals surface area contributed by atoms with Gasteiger partial charge in [-0.3, -0.25) is 0 Å². The first kappa shape index (κ1) is 15.9. The van der Waals surface area contributed by atoms with Crippen molar-refractivity contribution in [3.8, 4) is 11.4 Å². The van der Waals surface area contributed by atoms with Crippen LogP contribution in [0.25, 0.3) is 22.4 Å². The Morgan fingerprint density at radius 2 is 2.20 bits per heavy atom. The van der Waals surface area contributed by atoms with E-state index in [1.807, 2.05) is 28.9 Å². The third-order valence-electron chi connectivity index (χ3n) is 4.28. The van der Waals surface area contributed by atoms with Crippen LogP contribution in [-0.2, 0) is 4.79 Å². The molecule has 128 valence electrons. The number of aromatic nitrogens is 4. The molecule has 0 amide bonds. The summed E-state index contributed by atoms with van der Waals surface area (Å²) in [6, 6.07) is 5.48. The molecule has 0 bridgehead atoms. The molecule has 1 aliphatic rings. The van der Waals surface area contributed by atoms with E-state index in [2.05, 4.69) is 25.3 Å². The fourth-order valence-electron chi connectivity index (χ4n) is 2.90. The van der Waals surface area contributed by atoms with Gasteiger partial charge in [0, 0.05) is 42.6 Å². The third kappa shape index (κ3) is 2.71. The molecule has 1 fully saturated rings. The number of fused-ring (bicyclic) bond motifs is 1. The molecule has 9 heteroatoms. The van der Waals surface area contributed by atoms with Gasteiger partial charge in [0.1, 0.15) is 11.5 Å². The number of anilines is 1. The molecule has 3 aromatic heterocycles. The molecule has 0 atom stereocenters. The second-order valence-electron chi connectivity index (χ2n) is 5.86. The molecule has 0 aliphatic carbocycles. The average molecular weight is 356 g/mol. The molecule has 4 heterocycles. The van der Waals surface area contributed by atoms with E-state index in [0.29, 0.717) is 24.7 Å². The minimum Gasteiger partial charge on any atom is -0.479 e. The zero-order valence-corrected chi connectivity index (χ0v) is 14.2. The minimum atomic E-state index is -1.02. The Morgan fingerprint density at radius 3 is 2.96 bits per heavy atom. The number of H-pyrrole nitrogens is 1. The molecule has 1 aliphatic heterocycles. The second-order valence-corrected chi connectivity index (χ2v) is 6.74. The Kier molecular flexibility index (Phi) is 3.81. The summed E-state index contributed by atoms with van der Waals surface area (Å²) in [6.07, 6.45) is 7.08. The highest BCUT2D eigenvalue weighted by Gasteiger charge is 2.50. The summed E-state index contributed by atoms with van der Waals surface area (Å²) in [5.74, 6) is 0.131. The van der Waals surface area contributed by atoms with Crippen LogP contribution < -0.4 is 5.32 Å². The van der Waals surface area contributed by atoms with Gasteiger partial charge in [0.2, 0.25) is 0 Å². The van der Waals surface area contributed by atoms with Crippen LogP contribution in [0.5, 0.6) is 0 Å². The van der Waals surface area contributed by atoms with Crippen LogP contribution >= 0.6 is 11.9 Å². The van der Waals surface area contributed by atoms with E-state index in [1.165, 1.54) is 11.9 Å². The summed E-state index contributed by atoms with van der Waals surface area (Å²) in [5, 5.41) is 13.6. The summed E-state index contributed by atoms with van der Waals surface area (Å²) >= 11 is 1.53. The zero-order valence-electron chi connectivity index (χ0n) is 13.4. The molecule has 0 aromatic carbocycles. The summed E-state index contributed by atoms with van der Waals surface area (Å²) in [4.78, 5) is 27.9. The van der Waals surface area contributed by atoms with Gasteiger partial charge >= 0.3 is 5.97 Å². The van der Waals surface area contributed by atoms with Gasteiger partial charge in [-0.25, -0.2) is 24.1 Å². The highest BCUT2D eigenvalue weighted by Crippen LogP contribution is 2.31. The summed E-state index contributed by atoms with van der Waals surface area (Å²) < 4.78 is 1.98. The quantitative estimate of drug-likeness (QED) is 0.595. The van der Waals surface area contributed by atoms with Gasteiger partial charge < -0.3 is 15.4 Å². The molecule has 3 N–H and O–H groups in total. The number of aromatic amines is 1. The molecule has 25 heavy (non-hydrogen) atoms. The molecule has 8 nitrogen and oxygen atoms in total. The van der Waals surface area contributed by atoms with Crippen LogP contribution in [0, 0.1) is 0 Å². The number of carboxylic acid groups (broad SMARTS) is 1. The predicted molar refractivity (Wildman–Crippen MR) is 96.2 cm³/mol. The highest BCUT2D eigenvalue weighted by atomic mass is 32.2. The maximum atomic E-state index is 11.7. The van der Waals surface area contributed by atoms with Crippen LogP contribution in [0.4, 0.5) is 5.82 Å². The monoisotopic (exact) mass is 356 g/mol. The fraction of sp³-hybridized carbons (Fsp3) is 0.250. The normalized spacial score (nSPS) is 16.5. The second kappa shape index (κ2) is 6.01. The topological polar surface area (TPSA) is 107 Å². The average Bonchev–Trinajstić information content (AvgIpc) is 3.02. The van der Waals surface area contributed by atoms with Crippen molar-refractivity contribution >= 4 is 34.8 Å². The SMILES string of the molecule is CSN1CC(Nc2ccnc(-c3c[nH]c4ncccc34)n2)(C(=O)O)C1. The molecular formula is C16H16N6O2S. The van der Waals surface area contributed by atoms with Gasteiger partial charge in [-0.2, -0.15) is 0 Å².